The smallest absolute Gasteiger partial charge is 0.221 e. The fraction of sp³-hybridized carbons (Fsp3) is 0.889. The van der Waals surface area contributed by atoms with Gasteiger partial charge in [-0.2, -0.15) is 0 Å². The average Bonchev–Trinajstić information content (AvgIpc) is 2.16. The molecule has 0 radical (unpaired) electrons. The minimum absolute atomic E-state index is 0.0890. The Balaban J connectivity index is 2.12. The predicted molar refractivity (Wildman–Crippen MR) is 50.4 cm³/mol. The first kappa shape index (κ1) is 10.5. The minimum atomic E-state index is -0.128. The topological polar surface area (TPSA) is 52.6 Å². The molecule has 76 valence electrons. The predicted octanol–water partition coefficient (Wildman–Crippen LogP) is -0.421. The van der Waals surface area contributed by atoms with E-state index >= 15 is 0 Å². The van der Waals surface area contributed by atoms with Crippen LogP contribution in [0.15, 0.2) is 0 Å². The molecule has 4 heteroatoms. The molecule has 1 aliphatic heterocycles. The summed E-state index contributed by atoms with van der Waals surface area (Å²) < 4.78 is 0. The van der Waals surface area contributed by atoms with E-state index in [2.05, 4.69) is 10.2 Å². The molecule has 1 fully saturated rings. The molecule has 0 aliphatic carbocycles. The van der Waals surface area contributed by atoms with Crippen LogP contribution in [0.1, 0.15) is 19.3 Å². The Bertz CT molecular complexity index is 165. The SMILES string of the molecule is CNC(=O)CCN1CCC(O)CC1. The van der Waals surface area contributed by atoms with Gasteiger partial charge in [-0.1, -0.05) is 0 Å². The number of nitrogens with one attached hydrogen (secondary N) is 1. The third-order valence-electron chi connectivity index (χ3n) is 2.49. The summed E-state index contributed by atoms with van der Waals surface area (Å²) in [7, 11) is 1.66. The number of hydrogen-bond acceptors (Lipinski definition) is 3. The number of hydrogen-bond donors (Lipinski definition) is 2. The largest absolute Gasteiger partial charge is 0.393 e. The van der Waals surface area contributed by atoms with Crippen molar-refractivity contribution in [1.82, 2.24) is 10.2 Å². The maximum atomic E-state index is 10.9. The average molecular weight is 186 g/mol. The first-order valence-corrected chi connectivity index (χ1v) is 4.83. The summed E-state index contributed by atoms with van der Waals surface area (Å²) in [6.07, 6.45) is 2.12. The lowest BCUT2D eigenvalue weighted by molar-refractivity contribution is -0.121. The van der Waals surface area contributed by atoms with E-state index in [0.29, 0.717) is 6.42 Å². The van der Waals surface area contributed by atoms with Crippen LogP contribution in [0.2, 0.25) is 0 Å². The standard InChI is InChI=1S/C9H18N2O2/c1-10-9(13)4-7-11-5-2-8(12)3-6-11/h8,12H,2-7H2,1H3,(H,10,13). The second-order valence-corrected chi connectivity index (χ2v) is 3.50. The highest BCUT2D eigenvalue weighted by Gasteiger charge is 2.16. The van der Waals surface area contributed by atoms with Gasteiger partial charge in [-0.25, -0.2) is 0 Å². The van der Waals surface area contributed by atoms with Crippen molar-refractivity contribution < 1.29 is 9.90 Å². The molecule has 0 aromatic carbocycles. The van der Waals surface area contributed by atoms with Crippen molar-refractivity contribution in [3.05, 3.63) is 0 Å². The first-order valence-electron chi connectivity index (χ1n) is 4.83. The van der Waals surface area contributed by atoms with E-state index in [-0.39, 0.29) is 12.0 Å². The van der Waals surface area contributed by atoms with Gasteiger partial charge in [-0.05, 0) is 12.8 Å². The second-order valence-electron chi connectivity index (χ2n) is 3.50. The molecule has 0 aromatic rings. The number of carbonyl (C=O) groups is 1. The molecule has 1 saturated heterocycles. The molecule has 4 nitrogen and oxygen atoms in total. The number of nitrogens with zero attached hydrogens (tertiary/aromatic N) is 1. The molecule has 0 aromatic heterocycles. The van der Waals surface area contributed by atoms with E-state index in [1.165, 1.54) is 0 Å². The third-order valence-corrected chi connectivity index (χ3v) is 2.49. The number of aliphatic hydroxyl groups is 1. The number of likely N-dealkylation sites (tertiary alicyclic amines) is 1. The van der Waals surface area contributed by atoms with Crippen molar-refractivity contribution in [3.63, 3.8) is 0 Å². The zero-order chi connectivity index (χ0) is 9.68. The molecule has 1 amide bonds. The van der Waals surface area contributed by atoms with Crippen LogP contribution in [0.4, 0.5) is 0 Å². The molecular formula is C9H18N2O2. The highest BCUT2D eigenvalue weighted by Crippen LogP contribution is 2.09. The molecule has 0 spiro atoms. The van der Waals surface area contributed by atoms with Gasteiger partial charge in [0.2, 0.25) is 5.91 Å². The highest BCUT2D eigenvalue weighted by atomic mass is 16.3. The zero-order valence-electron chi connectivity index (χ0n) is 8.12. The quantitative estimate of drug-likeness (QED) is 0.629. The molecule has 0 unspecified atom stereocenters. The Kier molecular flexibility index (Phi) is 4.18. The van der Waals surface area contributed by atoms with Gasteiger partial charge in [-0.15, -0.1) is 0 Å². The van der Waals surface area contributed by atoms with Crippen LogP contribution < -0.4 is 5.32 Å². The van der Waals surface area contributed by atoms with Crippen LogP contribution in [-0.4, -0.2) is 48.7 Å². The lowest BCUT2D eigenvalue weighted by Crippen LogP contribution is -2.37. The van der Waals surface area contributed by atoms with E-state index in [9.17, 15) is 9.90 Å². The molecule has 1 heterocycles. The highest BCUT2D eigenvalue weighted by molar-refractivity contribution is 5.75. The summed E-state index contributed by atoms with van der Waals surface area (Å²) in [6, 6.07) is 0. The van der Waals surface area contributed by atoms with Gasteiger partial charge in [0.05, 0.1) is 6.10 Å². The van der Waals surface area contributed by atoms with Gasteiger partial charge in [0.25, 0.3) is 0 Å². The monoisotopic (exact) mass is 186 g/mol. The Hall–Kier alpha value is -0.610. The lowest BCUT2D eigenvalue weighted by Gasteiger charge is -2.29. The van der Waals surface area contributed by atoms with Crippen molar-refractivity contribution in [3.8, 4) is 0 Å². The van der Waals surface area contributed by atoms with Gasteiger partial charge in [0, 0.05) is 33.1 Å². The maximum absolute atomic E-state index is 10.9. The van der Waals surface area contributed by atoms with Crippen molar-refractivity contribution in [1.29, 1.82) is 0 Å². The molecule has 1 rings (SSSR count). The Morgan fingerprint density at radius 2 is 2.15 bits per heavy atom. The van der Waals surface area contributed by atoms with Gasteiger partial charge < -0.3 is 15.3 Å². The summed E-state index contributed by atoms with van der Waals surface area (Å²) in [5.41, 5.74) is 0. The van der Waals surface area contributed by atoms with Crippen LogP contribution >= 0.6 is 0 Å². The summed E-state index contributed by atoms with van der Waals surface area (Å²) in [6.45, 7) is 2.64. The normalized spacial score (nSPS) is 20.2. The Labute approximate surface area is 78.9 Å². The van der Waals surface area contributed by atoms with Gasteiger partial charge >= 0.3 is 0 Å². The van der Waals surface area contributed by atoms with E-state index in [4.69, 9.17) is 0 Å². The molecule has 0 bridgehead atoms. The fourth-order valence-corrected chi connectivity index (χ4v) is 1.53. The second kappa shape index (κ2) is 5.19. The van der Waals surface area contributed by atoms with E-state index in [0.717, 1.165) is 32.5 Å². The third kappa shape index (κ3) is 3.74. The molecule has 1 aliphatic rings. The molecule has 13 heavy (non-hydrogen) atoms. The molecule has 2 N–H and O–H groups in total. The lowest BCUT2D eigenvalue weighted by atomic mass is 10.1. The van der Waals surface area contributed by atoms with Crippen LogP contribution in [0.5, 0.6) is 0 Å². The number of carbonyl (C=O) groups excluding carboxylic acids is 1. The first-order chi connectivity index (χ1) is 6.22. The molecule has 0 atom stereocenters. The summed E-state index contributed by atoms with van der Waals surface area (Å²) in [5, 5.41) is 11.8. The Morgan fingerprint density at radius 1 is 1.54 bits per heavy atom. The summed E-state index contributed by atoms with van der Waals surface area (Å²) >= 11 is 0. The van der Waals surface area contributed by atoms with Gasteiger partial charge in [0.1, 0.15) is 0 Å². The van der Waals surface area contributed by atoms with Crippen LogP contribution in [-0.2, 0) is 4.79 Å². The number of aliphatic hydroxyl groups excluding tert-OH is 1. The van der Waals surface area contributed by atoms with Crippen LogP contribution in [0, 0.1) is 0 Å². The minimum Gasteiger partial charge on any atom is -0.393 e. The van der Waals surface area contributed by atoms with Gasteiger partial charge in [-0.3, -0.25) is 4.79 Å². The number of piperidine rings is 1. The number of rotatable bonds is 3. The van der Waals surface area contributed by atoms with E-state index < -0.39 is 0 Å². The van der Waals surface area contributed by atoms with Crippen LogP contribution in [0.25, 0.3) is 0 Å². The van der Waals surface area contributed by atoms with E-state index in [1.807, 2.05) is 0 Å². The van der Waals surface area contributed by atoms with Crippen molar-refractivity contribution in [2.75, 3.05) is 26.7 Å². The summed E-state index contributed by atoms with van der Waals surface area (Å²) in [5.74, 6) is 0.0890. The molecular weight excluding hydrogens is 168 g/mol. The van der Waals surface area contributed by atoms with Gasteiger partial charge in [0.15, 0.2) is 0 Å². The molecule has 0 saturated carbocycles. The van der Waals surface area contributed by atoms with Crippen molar-refractivity contribution in [2.45, 2.75) is 25.4 Å². The fourth-order valence-electron chi connectivity index (χ4n) is 1.53. The maximum Gasteiger partial charge on any atom is 0.221 e. The Morgan fingerprint density at radius 3 is 2.69 bits per heavy atom. The van der Waals surface area contributed by atoms with Crippen molar-refractivity contribution in [2.24, 2.45) is 0 Å². The van der Waals surface area contributed by atoms with E-state index in [1.54, 1.807) is 7.05 Å². The van der Waals surface area contributed by atoms with Crippen LogP contribution in [0.3, 0.4) is 0 Å². The summed E-state index contributed by atoms with van der Waals surface area (Å²) in [4.78, 5) is 13.2. The van der Waals surface area contributed by atoms with Crippen molar-refractivity contribution >= 4 is 5.91 Å². The number of amides is 1. The zero-order valence-corrected chi connectivity index (χ0v) is 8.12.